The summed E-state index contributed by atoms with van der Waals surface area (Å²) in [6.07, 6.45) is 0.426. The van der Waals surface area contributed by atoms with Gasteiger partial charge in [-0.05, 0) is 55.9 Å². The van der Waals surface area contributed by atoms with Gasteiger partial charge in [0.05, 0.1) is 16.7 Å². The van der Waals surface area contributed by atoms with Gasteiger partial charge in [0.1, 0.15) is 11.9 Å². The molecule has 2 aromatic rings. The third-order valence-electron chi connectivity index (χ3n) is 6.36. The molecule has 1 aliphatic carbocycles. The second-order valence-corrected chi connectivity index (χ2v) is 8.83. The number of carbonyl (C=O) groups is 1. The summed E-state index contributed by atoms with van der Waals surface area (Å²) in [5.41, 5.74) is 1.55. The molecular formula is C23H24ClNO5. The number of hydrogen-bond acceptors (Lipinski definition) is 5. The molecule has 0 aromatic heterocycles. The Morgan fingerprint density at radius 3 is 2.70 bits per heavy atom. The van der Waals surface area contributed by atoms with Crippen LogP contribution in [0.4, 0.5) is 0 Å². The Hall–Kier alpha value is -2.44. The van der Waals surface area contributed by atoms with Crippen molar-refractivity contribution in [2.24, 2.45) is 11.8 Å². The lowest BCUT2D eigenvalue weighted by molar-refractivity contribution is -0.0232. The highest BCUT2D eigenvalue weighted by Crippen LogP contribution is 2.40. The Morgan fingerprint density at radius 1 is 1.10 bits per heavy atom. The molecule has 7 heteroatoms. The van der Waals surface area contributed by atoms with Gasteiger partial charge in [-0.25, -0.2) is 0 Å². The third-order valence-corrected chi connectivity index (χ3v) is 6.69. The van der Waals surface area contributed by atoms with Crippen LogP contribution in [0, 0.1) is 18.8 Å². The Kier molecular flexibility index (Phi) is 4.99. The summed E-state index contributed by atoms with van der Waals surface area (Å²) >= 11 is 6.27. The molecule has 2 fully saturated rings. The number of aliphatic hydroxyl groups is 1. The molecule has 2 aromatic carbocycles. The molecule has 1 saturated carbocycles. The fraction of sp³-hybridized carbons (Fsp3) is 0.435. The maximum atomic E-state index is 13.0. The molecule has 0 unspecified atom stereocenters. The lowest BCUT2D eigenvalue weighted by Gasteiger charge is -2.35. The molecule has 1 N–H and O–H groups in total. The first-order chi connectivity index (χ1) is 14.5. The first kappa shape index (κ1) is 19.5. The number of hydrogen-bond donors (Lipinski definition) is 1. The normalized spacial score (nSPS) is 27.1. The molecule has 5 rings (SSSR count). The summed E-state index contributed by atoms with van der Waals surface area (Å²) in [7, 11) is 0. The van der Waals surface area contributed by atoms with Crippen LogP contribution in [-0.2, 0) is 0 Å². The van der Waals surface area contributed by atoms with E-state index in [2.05, 4.69) is 0 Å². The number of carbonyl (C=O) groups excluding carboxylic acids is 1. The minimum atomic E-state index is -0.575. The van der Waals surface area contributed by atoms with Crippen molar-refractivity contribution in [1.82, 2.24) is 4.90 Å². The van der Waals surface area contributed by atoms with Gasteiger partial charge in [-0.15, -0.1) is 0 Å². The van der Waals surface area contributed by atoms with Crippen molar-refractivity contribution in [3.8, 4) is 17.2 Å². The maximum Gasteiger partial charge on any atom is 0.255 e. The maximum absolute atomic E-state index is 13.0. The number of halogens is 1. The van der Waals surface area contributed by atoms with Crippen molar-refractivity contribution in [2.75, 3.05) is 19.9 Å². The van der Waals surface area contributed by atoms with Gasteiger partial charge in [0.15, 0.2) is 11.5 Å². The minimum Gasteiger partial charge on any atom is -0.488 e. The number of likely N-dealkylation sites (tertiary alicyclic amines) is 1. The van der Waals surface area contributed by atoms with Gasteiger partial charge >= 0.3 is 0 Å². The first-order valence-corrected chi connectivity index (χ1v) is 10.7. The molecule has 0 bridgehead atoms. The Balaban J connectivity index is 1.27. The van der Waals surface area contributed by atoms with Crippen LogP contribution in [0.1, 0.15) is 28.8 Å². The van der Waals surface area contributed by atoms with E-state index in [0.29, 0.717) is 59.7 Å². The van der Waals surface area contributed by atoms with E-state index < -0.39 is 6.10 Å². The average molecular weight is 430 g/mol. The number of benzene rings is 2. The van der Waals surface area contributed by atoms with Crippen LogP contribution < -0.4 is 14.2 Å². The lowest BCUT2D eigenvalue weighted by atomic mass is 9.78. The molecule has 3 aliphatic rings. The van der Waals surface area contributed by atoms with Crippen molar-refractivity contribution in [2.45, 2.75) is 32.0 Å². The van der Waals surface area contributed by atoms with Crippen LogP contribution in [0.15, 0.2) is 36.4 Å². The highest BCUT2D eigenvalue weighted by Gasteiger charge is 2.44. The monoisotopic (exact) mass is 429 g/mol. The minimum absolute atomic E-state index is 0.0409. The number of rotatable bonds is 3. The third kappa shape index (κ3) is 3.59. The highest BCUT2D eigenvalue weighted by molar-refractivity contribution is 6.33. The SMILES string of the molecule is Cc1ccc(Cl)c(C(=O)N2C[C@H]3C[C@@H](Oc4ccc5c(c4)OCO5)[C@H](O)C[C@H]3C2)c1. The summed E-state index contributed by atoms with van der Waals surface area (Å²) < 4.78 is 16.8. The molecule has 6 nitrogen and oxygen atoms in total. The molecule has 0 radical (unpaired) electrons. The van der Waals surface area contributed by atoms with Crippen molar-refractivity contribution >= 4 is 17.5 Å². The van der Waals surface area contributed by atoms with Crippen molar-refractivity contribution in [3.63, 3.8) is 0 Å². The predicted molar refractivity (Wildman–Crippen MR) is 111 cm³/mol. The highest BCUT2D eigenvalue weighted by atomic mass is 35.5. The second-order valence-electron chi connectivity index (χ2n) is 8.42. The number of nitrogens with zero attached hydrogens (tertiary/aromatic N) is 1. The average Bonchev–Trinajstić information content (AvgIpc) is 3.35. The second kappa shape index (κ2) is 7.67. The van der Waals surface area contributed by atoms with Crippen molar-refractivity contribution < 1.29 is 24.1 Å². The van der Waals surface area contributed by atoms with Gasteiger partial charge in [-0.3, -0.25) is 4.79 Å². The fourth-order valence-corrected chi connectivity index (χ4v) is 4.98. The van der Waals surface area contributed by atoms with Gasteiger partial charge in [-0.1, -0.05) is 23.2 Å². The molecule has 2 heterocycles. The number of aliphatic hydroxyl groups excluding tert-OH is 1. The number of aryl methyl sites for hydroxylation is 1. The van der Waals surface area contributed by atoms with Crippen molar-refractivity contribution in [3.05, 3.63) is 52.5 Å². The lowest BCUT2D eigenvalue weighted by Crippen LogP contribution is -2.42. The topological polar surface area (TPSA) is 68.2 Å². The van der Waals surface area contributed by atoms with Crippen LogP contribution in [-0.4, -0.2) is 48.0 Å². The largest absolute Gasteiger partial charge is 0.488 e. The molecular weight excluding hydrogens is 406 g/mol. The van der Waals surface area contributed by atoms with Crippen molar-refractivity contribution in [1.29, 1.82) is 0 Å². The smallest absolute Gasteiger partial charge is 0.255 e. The number of fused-ring (bicyclic) bond motifs is 2. The van der Waals surface area contributed by atoms with Gasteiger partial charge < -0.3 is 24.2 Å². The van der Waals surface area contributed by atoms with E-state index in [1.165, 1.54) is 0 Å². The fourth-order valence-electron chi connectivity index (χ4n) is 4.78. The molecule has 30 heavy (non-hydrogen) atoms. The predicted octanol–water partition coefficient (Wildman–Crippen LogP) is 3.67. The molecule has 0 spiro atoms. The van der Waals surface area contributed by atoms with E-state index in [9.17, 15) is 9.90 Å². The summed E-state index contributed by atoms with van der Waals surface area (Å²) in [6.45, 7) is 3.46. The standard InChI is InChI=1S/C23H24ClNO5/c1-13-2-4-18(24)17(6-13)23(27)25-10-14-7-19(26)21(8-15(14)11-25)30-16-3-5-20-22(9-16)29-12-28-20/h2-6,9,14-15,19,21,26H,7-8,10-12H2,1H3/t14-,15+,19+,21+/m0/s1. The molecule has 1 saturated heterocycles. The summed E-state index contributed by atoms with van der Waals surface area (Å²) in [5.74, 6) is 2.53. The zero-order valence-corrected chi connectivity index (χ0v) is 17.5. The quantitative estimate of drug-likeness (QED) is 0.806. The molecule has 158 valence electrons. The zero-order chi connectivity index (χ0) is 20.8. The molecule has 2 aliphatic heterocycles. The van der Waals surface area contributed by atoms with E-state index in [4.69, 9.17) is 25.8 Å². The van der Waals surface area contributed by atoms with Crippen LogP contribution in [0.3, 0.4) is 0 Å². The van der Waals surface area contributed by atoms with E-state index in [1.807, 2.05) is 36.1 Å². The van der Waals surface area contributed by atoms with Gasteiger partial charge in [0.2, 0.25) is 6.79 Å². The molecule has 1 amide bonds. The van der Waals surface area contributed by atoms with Gasteiger partial charge in [0.25, 0.3) is 5.91 Å². The Labute approximate surface area is 180 Å². The van der Waals surface area contributed by atoms with Crippen LogP contribution in [0.25, 0.3) is 0 Å². The van der Waals surface area contributed by atoms with Crippen LogP contribution >= 0.6 is 11.6 Å². The summed E-state index contributed by atoms with van der Waals surface area (Å²) in [5, 5.41) is 11.2. The van der Waals surface area contributed by atoms with Gasteiger partial charge in [0, 0.05) is 19.2 Å². The first-order valence-electron chi connectivity index (χ1n) is 10.3. The molecule has 4 atom stereocenters. The van der Waals surface area contributed by atoms with E-state index >= 15 is 0 Å². The summed E-state index contributed by atoms with van der Waals surface area (Å²) in [4.78, 5) is 14.9. The number of ether oxygens (including phenoxy) is 3. The summed E-state index contributed by atoms with van der Waals surface area (Å²) in [6, 6.07) is 11.0. The van der Waals surface area contributed by atoms with Crippen LogP contribution in [0.2, 0.25) is 5.02 Å². The number of amides is 1. The Bertz CT molecular complexity index is 980. The van der Waals surface area contributed by atoms with E-state index in [0.717, 1.165) is 5.56 Å². The van der Waals surface area contributed by atoms with E-state index in [-0.39, 0.29) is 24.7 Å². The van der Waals surface area contributed by atoms with Crippen LogP contribution in [0.5, 0.6) is 17.2 Å². The van der Waals surface area contributed by atoms with Gasteiger partial charge in [-0.2, -0.15) is 0 Å². The zero-order valence-electron chi connectivity index (χ0n) is 16.7. The van der Waals surface area contributed by atoms with E-state index in [1.54, 1.807) is 12.1 Å². The Morgan fingerprint density at radius 2 is 1.87 bits per heavy atom.